The van der Waals surface area contributed by atoms with E-state index in [2.05, 4.69) is 59.7 Å². The molecule has 20 heavy (non-hydrogen) atoms. The quantitative estimate of drug-likeness (QED) is 0.414. The summed E-state index contributed by atoms with van der Waals surface area (Å²) in [7, 11) is -4.67. The Morgan fingerprint density at radius 2 is 1.40 bits per heavy atom. The molecule has 0 aliphatic carbocycles. The Bertz CT molecular complexity index is 473. The average Bonchev–Trinajstić information content (AvgIpc) is 2.12. The van der Waals surface area contributed by atoms with Crippen LogP contribution in [0, 0.1) is 6.07 Å². The van der Waals surface area contributed by atoms with Gasteiger partial charge < -0.3 is 0 Å². The molecule has 0 spiro atoms. The van der Waals surface area contributed by atoms with Gasteiger partial charge in [-0.05, 0) is 10.8 Å². The van der Waals surface area contributed by atoms with Crippen LogP contribution in [0.25, 0.3) is 0 Å². The van der Waals surface area contributed by atoms with E-state index in [1.807, 2.05) is 6.07 Å². The fourth-order valence-corrected chi connectivity index (χ4v) is 1.37. The van der Waals surface area contributed by atoms with E-state index >= 15 is 0 Å². The van der Waals surface area contributed by atoms with Crippen LogP contribution < -0.4 is 29.6 Å². The molecule has 0 aromatic heterocycles. The first-order chi connectivity index (χ1) is 8.21. The van der Waals surface area contributed by atoms with Crippen molar-refractivity contribution in [1.29, 1.82) is 0 Å². The minimum atomic E-state index is -4.67. The summed E-state index contributed by atoms with van der Waals surface area (Å²) in [5.41, 5.74) is 3.11. The Labute approximate surface area is 144 Å². The van der Waals surface area contributed by atoms with Crippen LogP contribution >= 0.6 is 0 Å². The van der Waals surface area contributed by atoms with Gasteiger partial charge in [-0.3, -0.25) is 9.11 Å². The summed E-state index contributed by atoms with van der Waals surface area (Å²) in [6.07, 6.45) is 0. The Morgan fingerprint density at radius 3 is 1.70 bits per heavy atom. The maximum Gasteiger partial charge on any atom is 1.00 e. The van der Waals surface area contributed by atoms with Crippen LogP contribution in [0.4, 0.5) is 0 Å². The molecular formula is C14H23NaO4S. The molecule has 0 unspecified atom stereocenters. The van der Waals surface area contributed by atoms with E-state index in [-0.39, 0.29) is 40.4 Å². The molecule has 0 heterocycles. The van der Waals surface area contributed by atoms with E-state index in [1.54, 1.807) is 0 Å². The summed E-state index contributed by atoms with van der Waals surface area (Å²) >= 11 is 0. The summed E-state index contributed by atoms with van der Waals surface area (Å²) in [5, 5.41) is 0. The molecule has 0 saturated heterocycles. The third-order valence-electron chi connectivity index (χ3n) is 2.48. The number of rotatable bonds is 0. The van der Waals surface area contributed by atoms with Crippen LogP contribution in [0.3, 0.4) is 0 Å². The summed E-state index contributed by atoms with van der Waals surface area (Å²) in [6.45, 7) is 13.4. The van der Waals surface area contributed by atoms with Crippen LogP contribution in [0.1, 0.15) is 52.7 Å². The van der Waals surface area contributed by atoms with Crippen molar-refractivity contribution in [2.24, 2.45) is 0 Å². The van der Waals surface area contributed by atoms with Crippen molar-refractivity contribution in [2.75, 3.05) is 0 Å². The van der Waals surface area contributed by atoms with Gasteiger partial charge in [-0.15, -0.1) is 0 Å². The van der Waals surface area contributed by atoms with Gasteiger partial charge in [0, 0.05) is 0 Å². The van der Waals surface area contributed by atoms with Gasteiger partial charge in [-0.25, -0.2) is 0 Å². The van der Waals surface area contributed by atoms with Crippen LogP contribution in [0.15, 0.2) is 18.2 Å². The zero-order chi connectivity index (χ0) is 15.5. The van der Waals surface area contributed by atoms with E-state index in [0.717, 1.165) is 0 Å². The standard InChI is InChI=1S/C14H21.Na.H2O4S/c1-13(2,3)11-8-7-9-12(10-11)14(4,5)6;;1-5(2,3)4/h7-8,10H,1-6H3;;(H2,1,2,3,4)/q-1;+1;. The molecule has 1 rings (SSSR count). The first kappa shape index (κ1) is 22.4. The molecule has 1 aromatic carbocycles. The molecule has 0 fully saturated rings. The topological polar surface area (TPSA) is 74.6 Å². The van der Waals surface area contributed by atoms with E-state index < -0.39 is 10.4 Å². The molecule has 0 aliphatic heterocycles. The maximum atomic E-state index is 8.74. The smallest absolute Gasteiger partial charge is 0.264 e. The van der Waals surface area contributed by atoms with Gasteiger partial charge in [0.2, 0.25) is 0 Å². The van der Waals surface area contributed by atoms with Crippen molar-refractivity contribution in [1.82, 2.24) is 0 Å². The molecule has 0 aliphatic rings. The SMILES string of the molecule is CC(C)(C)c1[c-]ccc(C(C)(C)C)c1.O=S(=O)(O)O.[Na+]. The summed E-state index contributed by atoms with van der Waals surface area (Å²) in [6, 6.07) is 9.80. The molecule has 0 radical (unpaired) electrons. The second-order valence-electron chi connectivity index (χ2n) is 6.44. The van der Waals surface area contributed by atoms with Crippen molar-refractivity contribution < 1.29 is 47.1 Å². The van der Waals surface area contributed by atoms with Gasteiger partial charge in [-0.2, -0.15) is 43.8 Å². The molecule has 0 saturated carbocycles. The summed E-state index contributed by atoms with van der Waals surface area (Å²) in [5.74, 6) is 0. The van der Waals surface area contributed by atoms with Crippen molar-refractivity contribution in [3.05, 3.63) is 35.4 Å². The Kier molecular flexibility index (Phi) is 8.86. The molecule has 110 valence electrons. The third kappa shape index (κ3) is 10.8. The normalized spacial score (nSPS) is 12.0. The Hall–Kier alpha value is 0.0900. The Balaban J connectivity index is 0. The van der Waals surface area contributed by atoms with Crippen molar-refractivity contribution in [2.45, 2.75) is 52.4 Å². The largest absolute Gasteiger partial charge is 1.00 e. The van der Waals surface area contributed by atoms with Crippen LogP contribution in [0.5, 0.6) is 0 Å². The van der Waals surface area contributed by atoms with Crippen LogP contribution in [0.2, 0.25) is 0 Å². The second kappa shape index (κ2) is 7.92. The summed E-state index contributed by atoms with van der Waals surface area (Å²) in [4.78, 5) is 0. The van der Waals surface area contributed by atoms with E-state index in [1.165, 1.54) is 11.1 Å². The summed E-state index contributed by atoms with van der Waals surface area (Å²) < 4.78 is 31.6. The average molecular weight is 310 g/mol. The second-order valence-corrected chi connectivity index (χ2v) is 7.33. The fourth-order valence-electron chi connectivity index (χ4n) is 1.37. The van der Waals surface area contributed by atoms with E-state index in [0.29, 0.717) is 0 Å². The monoisotopic (exact) mass is 310 g/mol. The van der Waals surface area contributed by atoms with E-state index in [4.69, 9.17) is 17.5 Å². The molecule has 0 bridgehead atoms. The number of hydrogen-bond donors (Lipinski definition) is 2. The van der Waals surface area contributed by atoms with Gasteiger partial charge in [0.25, 0.3) is 0 Å². The minimum absolute atomic E-state index is 0. The Morgan fingerprint density at radius 1 is 1.00 bits per heavy atom. The van der Waals surface area contributed by atoms with Gasteiger partial charge >= 0.3 is 40.0 Å². The van der Waals surface area contributed by atoms with Crippen molar-refractivity contribution in [3.8, 4) is 0 Å². The predicted molar refractivity (Wildman–Crippen MR) is 76.9 cm³/mol. The van der Waals surface area contributed by atoms with Crippen LogP contribution in [-0.2, 0) is 21.2 Å². The van der Waals surface area contributed by atoms with Gasteiger partial charge in [-0.1, -0.05) is 41.5 Å². The van der Waals surface area contributed by atoms with Gasteiger partial charge in [0.1, 0.15) is 0 Å². The molecule has 0 amide bonds. The molecule has 0 atom stereocenters. The number of hydrogen-bond acceptors (Lipinski definition) is 2. The van der Waals surface area contributed by atoms with E-state index in [9.17, 15) is 0 Å². The zero-order valence-corrected chi connectivity index (χ0v) is 16.2. The molecule has 6 heteroatoms. The number of benzene rings is 1. The van der Waals surface area contributed by atoms with Gasteiger partial charge in [0.15, 0.2) is 0 Å². The fraction of sp³-hybridized carbons (Fsp3) is 0.571. The first-order valence-corrected chi connectivity index (χ1v) is 7.33. The van der Waals surface area contributed by atoms with Crippen molar-refractivity contribution >= 4 is 10.4 Å². The van der Waals surface area contributed by atoms with Crippen LogP contribution in [-0.4, -0.2) is 17.5 Å². The first-order valence-electron chi connectivity index (χ1n) is 5.94. The third-order valence-corrected chi connectivity index (χ3v) is 2.48. The van der Waals surface area contributed by atoms with Gasteiger partial charge in [0.05, 0.1) is 0 Å². The maximum absolute atomic E-state index is 8.74. The zero-order valence-electron chi connectivity index (χ0n) is 13.4. The van der Waals surface area contributed by atoms with Crippen molar-refractivity contribution in [3.63, 3.8) is 0 Å². The molecule has 1 aromatic rings. The molecular weight excluding hydrogens is 287 g/mol. The predicted octanol–water partition coefficient (Wildman–Crippen LogP) is 0.433. The molecule has 4 nitrogen and oxygen atoms in total. The molecule has 2 N–H and O–H groups in total. The minimum Gasteiger partial charge on any atom is -0.264 e.